The van der Waals surface area contributed by atoms with Crippen molar-refractivity contribution in [3.8, 4) is 0 Å². The highest BCUT2D eigenvalue weighted by molar-refractivity contribution is 6.07. The van der Waals surface area contributed by atoms with Crippen LogP contribution in [0.1, 0.15) is 33.4 Å². The van der Waals surface area contributed by atoms with Crippen molar-refractivity contribution in [3.63, 3.8) is 0 Å². The molecular formula is C13H19N3. The molecule has 0 spiro atoms. The molecule has 0 aliphatic rings. The maximum absolute atomic E-state index is 7.80. The largest absolute Gasteiger partial charge is 0.286 e. The Morgan fingerprint density at radius 3 is 2.31 bits per heavy atom. The van der Waals surface area contributed by atoms with Crippen molar-refractivity contribution in [2.75, 3.05) is 0 Å². The average molecular weight is 217 g/mol. The number of aromatic nitrogens is 1. The third kappa shape index (κ3) is 3.26. The van der Waals surface area contributed by atoms with Crippen molar-refractivity contribution in [1.29, 1.82) is 5.41 Å². The third-order valence-corrected chi connectivity index (χ3v) is 2.26. The fraction of sp³-hybridized carbons (Fsp3) is 0.462. The van der Waals surface area contributed by atoms with E-state index >= 15 is 0 Å². The molecule has 1 aromatic rings. The number of nitrogens with zero attached hydrogens (tertiary/aromatic N) is 2. The van der Waals surface area contributed by atoms with Crippen molar-refractivity contribution in [1.82, 2.24) is 4.98 Å². The highest BCUT2D eigenvalue weighted by Gasteiger charge is 2.11. The van der Waals surface area contributed by atoms with Gasteiger partial charge in [-0.05, 0) is 18.1 Å². The second-order valence-electron chi connectivity index (χ2n) is 4.41. The summed E-state index contributed by atoms with van der Waals surface area (Å²) >= 11 is 0. The summed E-state index contributed by atoms with van der Waals surface area (Å²) in [6, 6.07) is 5.76. The smallest absolute Gasteiger partial charge is 0.123 e. The number of amidine groups is 1. The summed E-state index contributed by atoms with van der Waals surface area (Å²) in [5.41, 5.74) is 1.75. The molecule has 0 radical (unpaired) electrons. The fourth-order valence-corrected chi connectivity index (χ4v) is 1.26. The van der Waals surface area contributed by atoms with E-state index in [1.807, 2.05) is 32.0 Å². The van der Waals surface area contributed by atoms with Gasteiger partial charge < -0.3 is 0 Å². The standard InChI is InChI=1S/C13H19N3/c1-9(2)12(16-13(14)10(3)4)11-7-5-6-8-15-11/h5-10,14H,1-4H3. The monoisotopic (exact) mass is 217 g/mol. The van der Waals surface area contributed by atoms with Gasteiger partial charge in [-0.15, -0.1) is 0 Å². The zero-order chi connectivity index (χ0) is 12.1. The van der Waals surface area contributed by atoms with E-state index in [0.29, 0.717) is 5.84 Å². The Hall–Kier alpha value is -1.51. The van der Waals surface area contributed by atoms with E-state index < -0.39 is 0 Å². The van der Waals surface area contributed by atoms with Gasteiger partial charge in [0.05, 0.1) is 11.4 Å². The number of hydrogen-bond acceptors (Lipinski definition) is 2. The van der Waals surface area contributed by atoms with Gasteiger partial charge in [0.1, 0.15) is 5.84 Å². The minimum Gasteiger partial charge on any atom is -0.286 e. The molecule has 16 heavy (non-hydrogen) atoms. The third-order valence-electron chi connectivity index (χ3n) is 2.26. The number of aliphatic imine (C=N–C) groups is 1. The van der Waals surface area contributed by atoms with Crippen LogP contribution in [0.4, 0.5) is 0 Å². The number of hydrogen-bond donors (Lipinski definition) is 1. The molecule has 0 atom stereocenters. The molecule has 0 bridgehead atoms. The summed E-state index contributed by atoms with van der Waals surface area (Å²) in [6.45, 7) is 8.09. The highest BCUT2D eigenvalue weighted by Crippen LogP contribution is 2.09. The van der Waals surface area contributed by atoms with E-state index in [1.54, 1.807) is 6.20 Å². The Kier molecular flexibility index (Phi) is 4.35. The SMILES string of the molecule is CC(C)C(=N)N=C(c1ccccn1)C(C)C. The summed E-state index contributed by atoms with van der Waals surface area (Å²) in [4.78, 5) is 8.67. The summed E-state index contributed by atoms with van der Waals surface area (Å²) in [5, 5.41) is 7.80. The van der Waals surface area contributed by atoms with Gasteiger partial charge >= 0.3 is 0 Å². The summed E-state index contributed by atoms with van der Waals surface area (Å²) < 4.78 is 0. The van der Waals surface area contributed by atoms with Gasteiger partial charge in [-0.3, -0.25) is 10.4 Å². The zero-order valence-corrected chi connectivity index (χ0v) is 10.4. The van der Waals surface area contributed by atoms with Crippen LogP contribution in [0.2, 0.25) is 0 Å². The molecule has 1 N–H and O–H groups in total. The maximum atomic E-state index is 7.80. The van der Waals surface area contributed by atoms with Crippen LogP contribution in [0.15, 0.2) is 29.4 Å². The predicted molar refractivity (Wildman–Crippen MR) is 68.2 cm³/mol. The van der Waals surface area contributed by atoms with Crippen molar-refractivity contribution < 1.29 is 0 Å². The molecular weight excluding hydrogens is 198 g/mol. The number of rotatable bonds is 3. The van der Waals surface area contributed by atoms with Gasteiger partial charge in [0.15, 0.2) is 0 Å². The first kappa shape index (κ1) is 12.6. The predicted octanol–water partition coefficient (Wildman–Crippen LogP) is 3.16. The van der Waals surface area contributed by atoms with Gasteiger partial charge in [0, 0.05) is 12.1 Å². The van der Waals surface area contributed by atoms with Crippen molar-refractivity contribution >= 4 is 11.5 Å². The Bertz CT molecular complexity index is 377. The molecule has 0 saturated carbocycles. The Morgan fingerprint density at radius 1 is 1.19 bits per heavy atom. The topological polar surface area (TPSA) is 49.1 Å². The molecule has 1 heterocycles. The molecule has 0 fully saturated rings. The second-order valence-corrected chi connectivity index (χ2v) is 4.41. The van der Waals surface area contributed by atoms with Gasteiger partial charge in [-0.25, -0.2) is 4.99 Å². The quantitative estimate of drug-likeness (QED) is 0.613. The normalized spacial score (nSPS) is 12.2. The molecule has 1 rings (SSSR count). The number of nitrogens with one attached hydrogen (secondary N) is 1. The molecule has 0 aliphatic heterocycles. The van der Waals surface area contributed by atoms with Crippen LogP contribution in [0.3, 0.4) is 0 Å². The molecule has 0 aromatic carbocycles. The zero-order valence-electron chi connectivity index (χ0n) is 10.4. The van der Waals surface area contributed by atoms with Crippen LogP contribution in [-0.2, 0) is 0 Å². The average Bonchev–Trinajstić information content (AvgIpc) is 2.26. The minimum absolute atomic E-state index is 0.150. The number of pyridine rings is 1. The highest BCUT2D eigenvalue weighted by atomic mass is 14.9. The molecule has 0 unspecified atom stereocenters. The molecule has 3 heteroatoms. The minimum atomic E-state index is 0.150. The first-order chi connectivity index (χ1) is 7.52. The lowest BCUT2D eigenvalue weighted by Gasteiger charge is -2.11. The lowest BCUT2D eigenvalue weighted by molar-refractivity contribution is 0.848. The molecule has 86 valence electrons. The van der Waals surface area contributed by atoms with Crippen LogP contribution in [0.25, 0.3) is 0 Å². The Labute approximate surface area is 97.2 Å². The van der Waals surface area contributed by atoms with Crippen molar-refractivity contribution in [2.45, 2.75) is 27.7 Å². The van der Waals surface area contributed by atoms with Crippen LogP contribution in [0, 0.1) is 17.2 Å². The van der Waals surface area contributed by atoms with E-state index in [0.717, 1.165) is 11.4 Å². The Balaban J connectivity index is 3.06. The van der Waals surface area contributed by atoms with Crippen LogP contribution in [-0.4, -0.2) is 16.5 Å². The van der Waals surface area contributed by atoms with Gasteiger partial charge in [-0.2, -0.15) is 0 Å². The fourth-order valence-electron chi connectivity index (χ4n) is 1.26. The van der Waals surface area contributed by atoms with Crippen molar-refractivity contribution in [2.24, 2.45) is 16.8 Å². The van der Waals surface area contributed by atoms with Gasteiger partial charge in [0.25, 0.3) is 0 Å². The van der Waals surface area contributed by atoms with E-state index in [9.17, 15) is 0 Å². The van der Waals surface area contributed by atoms with Crippen LogP contribution < -0.4 is 0 Å². The van der Waals surface area contributed by atoms with Gasteiger partial charge in [-0.1, -0.05) is 33.8 Å². The lowest BCUT2D eigenvalue weighted by Crippen LogP contribution is -2.15. The van der Waals surface area contributed by atoms with Crippen LogP contribution in [0.5, 0.6) is 0 Å². The summed E-state index contributed by atoms with van der Waals surface area (Å²) in [7, 11) is 0. The molecule has 0 saturated heterocycles. The van der Waals surface area contributed by atoms with E-state index in [-0.39, 0.29) is 11.8 Å². The first-order valence-electron chi connectivity index (χ1n) is 5.60. The molecule has 3 nitrogen and oxygen atoms in total. The van der Waals surface area contributed by atoms with Crippen LogP contribution >= 0.6 is 0 Å². The Morgan fingerprint density at radius 2 is 1.88 bits per heavy atom. The first-order valence-corrected chi connectivity index (χ1v) is 5.60. The summed E-state index contributed by atoms with van der Waals surface area (Å²) in [6.07, 6.45) is 1.76. The summed E-state index contributed by atoms with van der Waals surface area (Å²) in [5.74, 6) is 0.834. The molecule has 0 aliphatic carbocycles. The lowest BCUT2D eigenvalue weighted by atomic mass is 10.0. The van der Waals surface area contributed by atoms with Crippen molar-refractivity contribution in [3.05, 3.63) is 30.1 Å². The van der Waals surface area contributed by atoms with E-state index in [4.69, 9.17) is 5.41 Å². The van der Waals surface area contributed by atoms with E-state index in [2.05, 4.69) is 23.8 Å². The second kappa shape index (κ2) is 5.54. The maximum Gasteiger partial charge on any atom is 0.123 e. The molecule has 0 amide bonds. The van der Waals surface area contributed by atoms with E-state index in [1.165, 1.54) is 0 Å². The van der Waals surface area contributed by atoms with Gasteiger partial charge in [0.2, 0.25) is 0 Å². The molecule has 1 aromatic heterocycles.